The zero-order valence-electron chi connectivity index (χ0n) is 12.9. The van der Waals surface area contributed by atoms with Crippen LogP contribution in [0.3, 0.4) is 0 Å². The number of hydrogen-bond acceptors (Lipinski definition) is 5. The predicted molar refractivity (Wildman–Crippen MR) is 86.2 cm³/mol. The maximum atomic E-state index is 13.1. The number of aromatic nitrogens is 2. The molecule has 0 N–H and O–H groups in total. The van der Waals surface area contributed by atoms with Crippen LogP contribution in [0.25, 0.3) is 33.9 Å². The highest BCUT2D eigenvalue weighted by Gasteiger charge is 2.34. The second-order valence-corrected chi connectivity index (χ2v) is 5.44. The van der Waals surface area contributed by atoms with E-state index in [0.29, 0.717) is 11.0 Å². The SMILES string of the molecule is O=c1oc2ccccc2cc1-c1nnc(-c2ccccc2C(F)(F)F)o1. The number of rotatable bonds is 2. The molecular formula is C18H9F3N2O3. The summed E-state index contributed by atoms with van der Waals surface area (Å²) in [6.45, 7) is 0. The average Bonchev–Trinajstić information content (AvgIpc) is 3.10. The minimum Gasteiger partial charge on any atom is -0.422 e. The first kappa shape index (κ1) is 16.1. The Morgan fingerprint density at radius 2 is 1.46 bits per heavy atom. The molecule has 4 aromatic rings. The molecule has 130 valence electrons. The van der Waals surface area contributed by atoms with Gasteiger partial charge in [0.1, 0.15) is 11.1 Å². The van der Waals surface area contributed by atoms with Crippen molar-refractivity contribution in [3.05, 3.63) is 70.6 Å². The maximum Gasteiger partial charge on any atom is 0.417 e. The Morgan fingerprint density at radius 3 is 2.23 bits per heavy atom. The molecule has 0 fully saturated rings. The minimum absolute atomic E-state index is 0.0214. The maximum absolute atomic E-state index is 13.1. The molecule has 5 nitrogen and oxygen atoms in total. The number of benzene rings is 2. The van der Waals surface area contributed by atoms with Gasteiger partial charge in [-0.05, 0) is 24.3 Å². The van der Waals surface area contributed by atoms with Gasteiger partial charge in [-0.15, -0.1) is 10.2 Å². The first-order valence-corrected chi connectivity index (χ1v) is 7.47. The van der Waals surface area contributed by atoms with Gasteiger partial charge in [-0.25, -0.2) is 4.79 Å². The van der Waals surface area contributed by atoms with Crippen LogP contribution < -0.4 is 5.63 Å². The largest absolute Gasteiger partial charge is 0.422 e. The normalized spacial score (nSPS) is 11.8. The average molecular weight is 358 g/mol. The third-order valence-electron chi connectivity index (χ3n) is 3.76. The molecular weight excluding hydrogens is 349 g/mol. The van der Waals surface area contributed by atoms with Gasteiger partial charge in [0.2, 0.25) is 5.89 Å². The van der Waals surface area contributed by atoms with E-state index in [1.165, 1.54) is 24.3 Å². The summed E-state index contributed by atoms with van der Waals surface area (Å²) >= 11 is 0. The molecule has 0 aliphatic carbocycles. The van der Waals surface area contributed by atoms with Gasteiger partial charge in [-0.2, -0.15) is 13.2 Å². The summed E-state index contributed by atoms with van der Waals surface area (Å²) in [4.78, 5) is 12.1. The lowest BCUT2D eigenvalue weighted by Gasteiger charge is -2.09. The number of hydrogen-bond donors (Lipinski definition) is 0. The van der Waals surface area contributed by atoms with Crippen molar-refractivity contribution in [2.45, 2.75) is 6.18 Å². The van der Waals surface area contributed by atoms with Gasteiger partial charge in [0.25, 0.3) is 5.89 Å². The zero-order valence-corrected chi connectivity index (χ0v) is 12.9. The lowest BCUT2D eigenvalue weighted by atomic mass is 10.1. The molecule has 4 rings (SSSR count). The quantitative estimate of drug-likeness (QED) is 0.493. The summed E-state index contributed by atoms with van der Waals surface area (Å²) in [5.41, 5.74) is -1.52. The summed E-state index contributed by atoms with van der Waals surface area (Å²) in [5, 5.41) is 7.99. The smallest absolute Gasteiger partial charge is 0.417 e. The van der Waals surface area contributed by atoms with Crippen molar-refractivity contribution in [3.8, 4) is 22.9 Å². The first-order chi connectivity index (χ1) is 12.4. The molecule has 0 aliphatic heterocycles. The van der Waals surface area contributed by atoms with Gasteiger partial charge >= 0.3 is 11.8 Å². The second-order valence-electron chi connectivity index (χ2n) is 5.44. The molecule has 0 amide bonds. The van der Waals surface area contributed by atoms with E-state index in [4.69, 9.17) is 8.83 Å². The standard InChI is InChI=1S/C18H9F3N2O3/c19-18(20,21)13-7-3-2-6-11(13)15-22-23-16(26-15)12-9-10-5-1-4-8-14(10)25-17(12)24/h1-9H. The fourth-order valence-electron chi connectivity index (χ4n) is 2.57. The van der Waals surface area contributed by atoms with Crippen molar-refractivity contribution in [2.24, 2.45) is 0 Å². The molecule has 0 aliphatic rings. The third kappa shape index (κ3) is 2.75. The predicted octanol–water partition coefficient (Wildman–Crippen LogP) is 4.53. The number of fused-ring (bicyclic) bond motifs is 1. The van der Waals surface area contributed by atoms with Gasteiger partial charge in [0, 0.05) is 5.39 Å². The van der Waals surface area contributed by atoms with Gasteiger partial charge in [-0.1, -0.05) is 30.3 Å². The summed E-state index contributed by atoms with van der Waals surface area (Å²) in [6.07, 6.45) is -4.58. The van der Waals surface area contributed by atoms with Gasteiger partial charge in [0.15, 0.2) is 0 Å². The summed E-state index contributed by atoms with van der Waals surface area (Å²) in [5.74, 6) is -0.544. The fourth-order valence-corrected chi connectivity index (χ4v) is 2.57. The van der Waals surface area contributed by atoms with Crippen molar-refractivity contribution in [1.82, 2.24) is 10.2 Å². The Morgan fingerprint density at radius 1 is 0.808 bits per heavy atom. The van der Waals surface area contributed by atoms with E-state index in [1.807, 2.05) is 0 Å². The Bertz CT molecular complexity index is 1160. The molecule has 0 bridgehead atoms. The van der Waals surface area contributed by atoms with Crippen LogP contribution in [0, 0.1) is 0 Å². The van der Waals surface area contributed by atoms with Gasteiger partial charge in [0.05, 0.1) is 11.1 Å². The van der Waals surface area contributed by atoms with Crippen molar-refractivity contribution >= 4 is 11.0 Å². The van der Waals surface area contributed by atoms with E-state index in [-0.39, 0.29) is 22.9 Å². The highest BCUT2D eigenvalue weighted by atomic mass is 19.4. The van der Waals surface area contributed by atoms with Crippen molar-refractivity contribution in [2.75, 3.05) is 0 Å². The minimum atomic E-state index is -4.58. The molecule has 26 heavy (non-hydrogen) atoms. The van der Waals surface area contributed by atoms with Crippen LogP contribution in [0.2, 0.25) is 0 Å². The number of para-hydroxylation sites is 1. The van der Waals surface area contributed by atoms with Gasteiger partial charge < -0.3 is 8.83 Å². The molecule has 0 saturated carbocycles. The van der Waals surface area contributed by atoms with Crippen molar-refractivity contribution < 1.29 is 22.0 Å². The molecule has 2 aromatic carbocycles. The number of halogens is 3. The molecule has 0 radical (unpaired) electrons. The number of nitrogens with zero attached hydrogens (tertiary/aromatic N) is 2. The van der Waals surface area contributed by atoms with E-state index in [1.54, 1.807) is 24.3 Å². The molecule has 0 saturated heterocycles. The highest BCUT2D eigenvalue weighted by Crippen LogP contribution is 2.37. The molecule has 2 heterocycles. The van der Waals surface area contributed by atoms with E-state index >= 15 is 0 Å². The van der Waals surface area contributed by atoms with E-state index in [2.05, 4.69) is 10.2 Å². The van der Waals surface area contributed by atoms with Crippen LogP contribution >= 0.6 is 0 Å². The van der Waals surface area contributed by atoms with Crippen LogP contribution in [-0.2, 0) is 6.18 Å². The van der Waals surface area contributed by atoms with Crippen LogP contribution in [0.5, 0.6) is 0 Å². The monoisotopic (exact) mass is 358 g/mol. The molecule has 2 aromatic heterocycles. The Labute approximate surface area is 143 Å². The molecule has 0 unspecified atom stereocenters. The summed E-state index contributed by atoms with van der Waals surface area (Å²) in [6, 6.07) is 13.1. The van der Waals surface area contributed by atoms with E-state index in [0.717, 1.165) is 6.07 Å². The zero-order chi connectivity index (χ0) is 18.3. The topological polar surface area (TPSA) is 69.1 Å². The van der Waals surface area contributed by atoms with E-state index in [9.17, 15) is 18.0 Å². The molecule has 0 atom stereocenters. The van der Waals surface area contributed by atoms with Crippen LogP contribution in [0.4, 0.5) is 13.2 Å². The lowest BCUT2D eigenvalue weighted by Crippen LogP contribution is -2.06. The molecule has 8 heteroatoms. The Kier molecular flexibility index (Phi) is 3.61. The summed E-state index contributed by atoms with van der Waals surface area (Å²) in [7, 11) is 0. The van der Waals surface area contributed by atoms with Crippen LogP contribution in [0.1, 0.15) is 5.56 Å². The second kappa shape index (κ2) is 5.83. The highest BCUT2D eigenvalue weighted by molar-refractivity contribution is 5.80. The number of alkyl halides is 3. The first-order valence-electron chi connectivity index (χ1n) is 7.47. The lowest BCUT2D eigenvalue weighted by molar-refractivity contribution is -0.137. The Hall–Kier alpha value is -3.42. The van der Waals surface area contributed by atoms with Crippen molar-refractivity contribution in [3.63, 3.8) is 0 Å². The Balaban J connectivity index is 1.84. The van der Waals surface area contributed by atoms with Crippen molar-refractivity contribution in [1.29, 1.82) is 0 Å². The van der Waals surface area contributed by atoms with Crippen LogP contribution in [0.15, 0.2) is 68.2 Å². The molecule has 0 spiro atoms. The third-order valence-corrected chi connectivity index (χ3v) is 3.76. The fraction of sp³-hybridized carbons (Fsp3) is 0.0556. The van der Waals surface area contributed by atoms with Crippen LogP contribution in [-0.4, -0.2) is 10.2 Å². The van der Waals surface area contributed by atoms with E-state index < -0.39 is 17.4 Å². The summed E-state index contributed by atoms with van der Waals surface area (Å²) < 4.78 is 50.0. The van der Waals surface area contributed by atoms with Gasteiger partial charge in [-0.3, -0.25) is 0 Å².